The first kappa shape index (κ1) is 27.6. The lowest BCUT2D eigenvalue weighted by Crippen LogP contribution is -2.55. The third-order valence-corrected chi connectivity index (χ3v) is 13.8. The molecule has 4 fully saturated rings. The van der Waals surface area contributed by atoms with E-state index in [4.69, 9.17) is 0 Å². The van der Waals surface area contributed by atoms with Crippen molar-refractivity contribution in [2.45, 2.75) is 37.5 Å². The van der Waals surface area contributed by atoms with Crippen molar-refractivity contribution in [2.75, 3.05) is 0 Å². The van der Waals surface area contributed by atoms with E-state index in [0.717, 1.165) is 23.7 Å². The summed E-state index contributed by atoms with van der Waals surface area (Å²) in [7, 11) is 0. The van der Waals surface area contributed by atoms with Crippen LogP contribution in [0.3, 0.4) is 0 Å². The van der Waals surface area contributed by atoms with Crippen LogP contribution >= 0.6 is 0 Å². The third kappa shape index (κ3) is 3.47. The van der Waals surface area contributed by atoms with E-state index in [1.807, 2.05) is 0 Å². The summed E-state index contributed by atoms with van der Waals surface area (Å²) in [4.78, 5) is 0. The maximum Gasteiger partial charge on any atom is 0.0272 e. The van der Waals surface area contributed by atoms with E-state index in [1.165, 1.54) is 109 Å². The van der Waals surface area contributed by atoms with Crippen LogP contribution in [0, 0.1) is 23.7 Å². The zero-order chi connectivity index (χ0) is 32.6. The zero-order valence-electron chi connectivity index (χ0n) is 28.2. The first-order valence-electron chi connectivity index (χ1n) is 18.9. The average molecular weight is 639 g/mol. The Morgan fingerprint density at radius 1 is 0.340 bits per heavy atom. The van der Waals surface area contributed by atoms with E-state index < -0.39 is 0 Å². The van der Waals surface area contributed by atoms with Gasteiger partial charge in [0.1, 0.15) is 0 Å². The van der Waals surface area contributed by atoms with Crippen molar-refractivity contribution >= 4 is 43.1 Å². The first-order chi connectivity index (χ1) is 24.8. The van der Waals surface area contributed by atoms with Gasteiger partial charge in [-0.25, -0.2) is 0 Å². The van der Waals surface area contributed by atoms with Crippen LogP contribution in [0.2, 0.25) is 0 Å². The Kier molecular flexibility index (Phi) is 5.49. The normalized spacial score (nSPS) is 24.5. The van der Waals surface area contributed by atoms with Crippen LogP contribution in [0.25, 0.3) is 76.5 Å². The molecule has 0 aromatic heterocycles. The van der Waals surface area contributed by atoms with Gasteiger partial charge in [-0.1, -0.05) is 133 Å². The van der Waals surface area contributed by atoms with E-state index >= 15 is 0 Å². The molecule has 8 aromatic rings. The van der Waals surface area contributed by atoms with Gasteiger partial charge in [-0.3, -0.25) is 0 Å². The Bertz CT molecular complexity index is 2640. The summed E-state index contributed by atoms with van der Waals surface area (Å²) in [6.07, 6.45) is 7.15. The van der Waals surface area contributed by atoms with Crippen LogP contribution in [0.4, 0.5) is 0 Å². The Balaban J connectivity index is 1.16. The van der Waals surface area contributed by atoms with Crippen molar-refractivity contribution in [3.8, 4) is 33.4 Å². The average Bonchev–Trinajstić information content (AvgIpc) is 3.44. The monoisotopic (exact) mass is 638 g/mol. The number of fused-ring (bicyclic) bond motifs is 7. The summed E-state index contributed by atoms with van der Waals surface area (Å²) in [5.41, 5.74) is 11.8. The smallest absolute Gasteiger partial charge is 0.0272 e. The fourth-order valence-corrected chi connectivity index (χ4v) is 12.3. The predicted molar refractivity (Wildman–Crippen MR) is 211 cm³/mol. The Morgan fingerprint density at radius 2 is 0.820 bits per heavy atom. The lowest BCUT2D eigenvalue weighted by molar-refractivity contribution is -0.0399. The lowest BCUT2D eigenvalue weighted by Gasteiger charge is -2.61. The topological polar surface area (TPSA) is 0 Å². The molecule has 0 radical (unpaired) electrons. The molecule has 4 saturated carbocycles. The minimum atomic E-state index is 0.184. The highest BCUT2D eigenvalue weighted by Crippen LogP contribution is 2.69. The van der Waals surface area contributed by atoms with E-state index in [9.17, 15) is 0 Å². The van der Waals surface area contributed by atoms with Crippen LogP contribution in [0.1, 0.15) is 43.2 Å². The van der Waals surface area contributed by atoms with Crippen LogP contribution in [-0.4, -0.2) is 0 Å². The number of hydrogen-bond donors (Lipinski definition) is 0. The molecule has 0 unspecified atom stereocenters. The molecule has 0 saturated heterocycles. The first-order valence-corrected chi connectivity index (χ1v) is 18.9. The molecular weight excluding hydrogens is 601 g/mol. The van der Waals surface area contributed by atoms with Gasteiger partial charge in [-0.15, -0.1) is 0 Å². The second-order valence-electron chi connectivity index (χ2n) is 16.0. The SMILES string of the molecule is c1ccc2c(c1)-c1cc3c(-c4c5ccccc5c(-c5cccc6ccccc56)c5ccccc45)cccc3cc1C21C2CC3CC(C2)CC1C3. The van der Waals surface area contributed by atoms with Gasteiger partial charge >= 0.3 is 0 Å². The highest BCUT2D eigenvalue weighted by Gasteiger charge is 2.61. The van der Waals surface area contributed by atoms with Crippen molar-refractivity contribution in [2.24, 2.45) is 23.7 Å². The van der Waals surface area contributed by atoms with Crippen molar-refractivity contribution in [1.82, 2.24) is 0 Å². The summed E-state index contributed by atoms with van der Waals surface area (Å²) in [6.45, 7) is 0. The van der Waals surface area contributed by atoms with E-state index in [0.29, 0.717) is 0 Å². The van der Waals surface area contributed by atoms with Crippen molar-refractivity contribution in [3.05, 3.63) is 157 Å². The molecule has 13 rings (SSSR count). The molecule has 4 bridgehead atoms. The fraction of sp³-hybridized carbons (Fsp3) is 0.200. The van der Waals surface area contributed by atoms with Crippen LogP contribution in [0.5, 0.6) is 0 Å². The van der Waals surface area contributed by atoms with E-state index in [-0.39, 0.29) is 5.41 Å². The molecule has 50 heavy (non-hydrogen) atoms. The van der Waals surface area contributed by atoms with Crippen molar-refractivity contribution in [3.63, 3.8) is 0 Å². The highest BCUT2D eigenvalue weighted by molar-refractivity contribution is 6.25. The van der Waals surface area contributed by atoms with Crippen molar-refractivity contribution < 1.29 is 0 Å². The minimum absolute atomic E-state index is 0.184. The Labute approximate surface area is 293 Å². The highest BCUT2D eigenvalue weighted by atomic mass is 14.6. The quantitative estimate of drug-likeness (QED) is 0.165. The predicted octanol–water partition coefficient (Wildman–Crippen LogP) is 13.4. The van der Waals surface area contributed by atoms with Gasteiger partial charge < -0.3 is 0 Å². The molecule has 1 spiro atoms. The largest absolute Gasteiger partial charge is 0.0619 e. The van der Waals surface area contributed by atoms with Gasteiger partial charge in [0.15, 0.2) is 0 Å². The Hall–Kier alpha value is -5.20. The van der Waals surface area contributed by atoms with Gasteiger partial charge in [0, 0.05) is 5.41 Å². The molecule has 238 valence electrons. The molecule has 0 atom stereocenters. The number of benzene rings is 8. The summed E-state index contributed by atoms with van der Waals surface area (Å²) >= 11 is 0. The summed E-state index contributed by atoms with van der Waals surface area (Å²) in [6, 6.07) is 55.8. The second-order valence-corrected chi connectivity index (χ2v) is 16.0. The molecule has 0 heteroatoms. The Morgan fingerprint density at radius 3 is 1.46 bits per heavy atom. The molecule has 0 aliphatic heterocycles. The van der Waals surface area contributed by atoms with Gasteiger partial charge in [0.2, 0.25) is 0 Å². The van der Waals surface area contributed by atoms with Crippen LogP contribution < -0.4 is 0 Å². The molecule has 8 aromatic carbocycles. The van der Waals surface area contributed by atoms with Crippen LogP contribution in [0.15, 0.2) is 146 Å². The molecule has 5 aliphatic rings. The standard InChI is InChI=1S/C50H38/c1-2-14-36-32(11-1)12-9-20-38(36)48-39-16-3-5-18-41(39)49(42-19-6-4-17-40(42)48)43-21-10-13-33-28-47-45(29-44(33)43)37-15-7-8-22-46(37)50(47)34-24-30-23-31(26-34)27-35(50)25-30/h1-22,28-31,34-35H,23-27H2. The maximum atomic E-state index is 2.66. The van der Waals surface area contributed by atoms with Crippen molar-refractivity contribution in [1.29, 1.82) is 0 Å². The summed E-state index contributed by atoms with van der Waals surface area (Å²) < 4.78 is 0. The fourth-order valence-electron chi connectivity index (χ4n) is 12.3. The minimum Gasteiger partial charge on any atom is -0.0619 e. The molecule has 5 aliphatic carbocycles. The molecule has 0 N–H and O–H groups in total. The summed E-state index contributed by atoms with van der Waals surface area (Å²) in [5, 5.41) is 10.6. The van der Waals surface area contributed by atoms with Gasteiger partial charge in [0.05, 0.1) is 0 Å². The number of rotatable bonds is 2. The molecule has 0 heterocycles. The number of hydrogen-bond acceptors (Lipinski definition) is 0. The van der Waals surface area contributed by atoms with Crippen LogP contribution in [-0.2, 0) is 5.41 Å². The third-order valence-electron chi connectivity index (χ3n) is 13.8. The molecule has 0 nitrogen and oxygen atoms in total. The van der Waals surface area contributed by atoms with E-state index in [1.54, 1.807) is 11.1 Å². The van der Waals surface area contributed by atoms with Gasteiger partial charge in [-0.2, -0.15) is 0 Å². The molecule has 0 amide bonds. The maximum absolute atomic E-state index is 2.66. The summed E-state index contributed by atoms with van der Waals surface area (Å²) in [5.74, 6) is 3.45. The van der Waals surface area contributed by atoms with E-state index in [2.05, 4.69) is 146 Å². The lowest BCUT2D eigenvalue weighted by atomic mass is 9.43. The van der Waals surface area contributed by atoms with Gasteiger partial charge in [0.25, 0.3) is 0 Å². The van der Waals surface area contributed by atoms with Gasteiger partial charge in [-0.05, 0) is 156 Å². The molecular formula is C50H38. The zero-order valence-corrected chi connectivity index (χ0v) is 28.2. The second kappa shape index (κ2) is 9.95.